The highest BCUT2D eigenvalue weighted by Crippen LogP contribution is 2.28. The first-order chi connectivity index (χ1) is 10.7. The molecule has 0 aromatic carbocycles. The SMILES string of the molecule is Cc1ccsc1CN(C)C(=O)Cn1cc(C(F)(F)F)ccc1=O. The zero-order chi connectivity index (χ0) is 17.2. The van der Waals surface area contributed by atoms with Gasteiger partial charge in [-0.1, -0.05) is 0 Å². The van der Waals surface area contributed by atoms with E-state index in [4.69, 9.17) is 0 Å². The van der Waals surface area contributed by atoms with Gasteiger partial charge in [0, 0.05) is 24.2 Å². The zero-order valence-corrected chi connectivity index (χ0v) is 13.4. The first kappa shape index (κ1) is 17.3. The largest absolute Gasteiger partial charge is 0.417 e. The number of hydrogen-bond donors (Lipinski definition) is 0. The molecule has 2 aromatic rings. The molecule has 0 aliphatic heterocycles. The van der Waals surface area contributed by atoms with Crippen LogP contribution < -0.4 is 5.56 Å². The Morgan fingerprint density at radius 1 is 1.30 bits per heavy atom. The molecule has 0 unspecified atom stereocenters. The summed E-state index contributed by atoms with van der Waals surface area (Å²) in [4.78, 5) is 26.2. The van der Waals surface area contributed by atoms with Gasteiger partial charge >= 0.3 is 6.18 Å². The lowest BCUT2D eigenvalue weighted by atomic mass is 10.2. The van der Waals surface area contributed by atoms with E-state index in [0.29, 0.717) is 18.8 Å². The Hall–Kier alpha value is -2.09. The maximum absolute atomic E-state index is 12.7. The highest BCUT2D eigenvalue weighted by Gasteiger charge is 2.31. The van der Waals surface area contributed by atoms with E-state index >= 15 is 0 Å². The standard InChI is InChI=1S/C15H15F3N2O2S/c1-10-5-6-23-12(10)8-19(2)14(22)9-20-7-11(15(16,17)18)3-4-13(20)21/h3-7H,8-9H2,1-2H3. The summed E-state index contributed by atoms with van der Waals surface area (Å²) in [5.41, 5.74) is -0.556. The molecular formula is C15H15F3N2O2S. The number of amides is 1. The first-order valence-corrected chi connectivity index (χ1v) is 7.61. The third kappa shape index (κ3) is 4.22. The third-order valence-corrected chi connectivity index (χ3v) is 4.40. The number of pyridine rings is 1. The fraction of sp³-hybridized carbons (Fsp3) is 0.333. The average molecular weight is 344 g/mol. The van der Waals surface area contributed by atoms with Gasteiger partial charge in [-0.15, -0.1) is 11.3 Å². The molecule has 0 radical (unpaired) electrons. The van der Waals surface area contributed by atoms with Gasteiger partial charge in [0.2, 0.25) is 5.91 Å². The van der Waals surface area contributed by atoms with Crippen molar-refractivity contribution < 1.29 is 18.0 Å². The molecule has 0 spiro atoms. The molecule has 4 nitrogen and oxygen atoms in total. The van der Waals surface area contributed by atoms with Crippen molar-refractivity contribution in [3.05, 3.63) is 56.1 Å². The molecule has 0 aliphatic rings. The Bertz CT molecular complexity index is 765. The van der Waals surface area contributed by atoms with Crippen molar-refractivity contribution in [1.82, 2.24) is 9.47 Å². The van der Waals surface area contributed by atoms with Gasteiger partial charge in [0.05, 0.1) is 12.1 Å². The second kappa shape index (κ2) is 6.57. The monoisotopic (exact) mass is 344 g/mol. The van der Waals surface area contributed by atoms with Gasteiger partial charge in [0.15, 0.2) is 0 Å². The molecule has 0 aliphatic carbocycles. The number of halogens is 3. The lowest BCUT2D eigenvalue weighted by molar-refractivity contribution is -0.138. The minimum absolute atomic E-state index is 0.357. The maximum Gasteiger partial charge on any atom is 0.417 e. The fourth-order valence-electron chi connectivity index (χ4n) is 1.96. The van der Waals surface area contributed by atoms with Crippen LogP contribution in [0, 0.1) is 6.92 Å². The van der Waals surface area contributed by atoms with Crippen LogP contribution in [0.25, 0.3) is 0 Å². The van der Waals surface area contributed by atoms with Crippen LogP contribution in [0.3, 0.4) is 0 Å². The quantitative estimate of drug-likeness (QED) is 0.856. The first-order valence-electron chi connectivity index (χ1n) is 6.73. The number of aryl methyl sites for hydroxylation is 1. The Morgan fingerprint density at radius 3 is 2.57 bits per heavy atom. The Balaban J connectivity index is 2.13. The van der Waals surface area contributed by atoms with Gasteiger partial charge in [-0.2, -0.15) is 13.2 Å². The molecule has 8 heteroatoms. The summed E-state index contributed by atoms with van der Waals surface area (Å²) in [6.45, 7) is 1.85. The molecule has 2 rings (SSSR count). The number of aromatic nitrogens is 1. The van der Waals surface area contributed by atoms with Crippen LogP contribution in [-0.2, 0) is 24.1 Å². The third-order valence-electron chi connectivity index (χ3n) is 3.39. The second-order valence-corrected chi connectivity index (χ2v) is 6.16. The van der Waals surface area contributed by atoms with Crippen molar-refractivity contribution in [2.45, 2.75) is 26.2 Å². The highest BCUT2D eigenvalue weighted by atomic mass is 32.1. The lowest BCUT2D eigenvalue weighted by Crippen LogP contribution is -2.33. The zero-order valence-electron chi connectivity index (χ0n) is 12.6. The van der Waals surface area contributed by atoms with E-state index in [2.05, 4.69) is 0 Å². The molecule has 0 atom stereocenters. The van der Waals surface area contributed by atoms with Crippen LogP contribution in [0.4, 0.5) is 13.2 Å². The Morgan fingerprint density at radius 2 is 2.00 bits per heavy atom. The van der Waals surface area contributed by atoms with Crippen LogP contribution in [0.15, 0.2) is 34.6 Å². The number of likely N-dealkylation sites (N-methyl/N-ethyl adjacent to an activating group) is 1. The van der Waals surface area contributed by atoms with Crippen LogP contribution in [0.1, 0.15) is 16.0 Å². The van der Waals surface area contributed by atoms with Crippen molar-refractivity contribution in [2.75, 3.05) is 7.05 Å². The van der Waals surface area contributed by atoms with Crippen LogP contribution >= 0.6 is 11.3 Å². The maximum atomic E-state index is 12.7. The molecule has 0 bridgehead atoms. The molecule has 2 heterocycles. The number of carbonyl (C=O) groups excluding carboxylic acids is 1. The van der Waals surface area contributed by atoms with Crippen molar-refractivity contribution in [1.29, 1.82) is 0 Å². The molecule has 23 heavy (non-hydrogen) atoms. The van der Waals surface area contributed by atoms with Crippen LogP contribution in [0.2, 0.25) is 0 Å². The van der Waals surface area contributed by atoms with Gasteiger partial charge in [0.25, 0.3) is 5.56 Å². The second-order valence-electron chi connectivity index (χ2n) is 5.16. The predicted octanol–water partition coefficient (Wildman–Crippen LogP) is 2.90. The van der Waals surface area contributed by atoms with E-state index in [1.807, 2.05) is 18.4 Å². The molecule has 124 valence electrons. The van der Waals surface area contributed by atoms with Crippen molar-refractivity contribution in [2.24, 2.45) is 0 Å². The van der Waals surface area contributed by atoms with E-state index in [0.717, 1.165) is 21.1 Å². The van der Waals surface area contributed by atoms with Crippen molar-refractivity contribution in [3.8, 4) is 0 Å². The number of carbonyl (C=O) groups is 1. The van der Waals surface area contributed by atoms with Gasteiger partial charge in [0.1, 0.15) is 6.54 Å². The van der Waals surface area contributed by atoms with Crippen LogP contribution in [-0.4, -0.2) is 22.4 Å². The van der Waals surface area contributed by atoms with Gasteiger partial charge in [-0.25, -0.2) is 0 Å². The van der Waals surface area contributed by atoms with Crippen molar-refractivity contribution in [3.63, 3.8) is 0 Å². The lowest BCUT2D eigenvalue weighted by Gasteiger charge is -2.18. The Labute approximate surface area is 134 Å². The summed E-state index contributed by atoms with van der Waals surface area (Å²) >= 11 is 1.50. The van der Waals surface area contributed by atoms with E-state index < -0.39 is 29.8 Å². The van der Waals surface area contributed by atoms with E-state index in [1.54, 1.807) is 7.05 Å². The minimum atomic E-state index is -4.56. The average Bonchev–Trinajstić information content (AvgIpc) is 2.85. The van der Waals surface area contributed by atoms with Gasteiger partial charge in [-0.3, -0.25) is 9.59 Å². The number of hydrogen-bond acceptors (Lipinski definition) is 3. The molecular weight excluding hydrogens is 329 g/mol. The van der Waals surface area contributed by atoms with E-state index in [9.17, 15) is 22.8 Å². The van der Waals surface area contributed by atoms with Gasteiger partial charge < -0.3 is 9.47 Å². The summed E-state index contributed by atoms with van der Waals surface area (Å²) in [6.07, 6.45) is -3.89. The predicted molar refractivity (Wildman–Crippen MR) is 81.2 cm³/mol. The number of nitrogens with zero attached hydrogens (tertiary/aromatic N) is 2. The summed E-state index contributed by atoms with van der Waals surface area (Å²) < 4.78 is 38.8. The summed E-state index contributed by atoms with van der Waals surface area (Å²) in [5.74, 6) is -0.431. The number of alkyl halides is 3. The van der Waals surface area contributed by atoms with Gasteiger partial charge in [-0.05, 0) is 30.0 Å². The van der Waals surface area contributed by atoms with Crippen LogP contribution in [0.5, 0.6) is 0 Å². The number of thiophene rings is 1. The normalized spacial score (nSPS) is 11.5. The van der Waals surface area contributed by atoms with E-state index in [-0.39, 0.29) is 0 Å². The summed E-state index contributed by atoms with van der Waals surface area (Å²) in [7, 11) is 1.56. The van der Waals surface area contributed by atoms with E-state index in [1.165, 1.54) is 16.2 Å². The van der Waals surface area contributed by atoms with Crippen molar-refractivity contribution >= 4 is 17.2 Å². The molecule has 1 amide bonds. The summed E-state index contributed by atoms with van der Waals surface area (Å²) in [6, 6.07) is 3.46. The molecule has 0 saturated carbocycles. The molecule has 2 aromatic heterocycles. The minimum Gasteiger partial charge on any atom is -0.339 e. The smallest absolute Gasteiger partial charge is 0.339 e. The molecule has 0 N–H and O–H groups in total. The highest BCUT2D eigenvalue weighted by molar-refractivity contribution is 7.10. The Kier molecular flexibility index (Phi) is 4.93. The fourth-order valence-corrected chi connectivity index (χ4v) is 2.92. The number of rotatable bonds is 4. The molecule has 0 fully saturated rings. The summed E-state index contributed by atoms with van der Waals surface area (Å²) in [5, 5.41) is 1.90. The topological polar surface area (TPSA) is 42.3 Å². The molecule has 0 saturated heterocycles.